The molecule has 0 amide bonds. The zero-order valence-electron chi connectivity index (χ0n) is 12.0. The summed E-state index contributed by atoms with van der Waals surface area (Å²) < 4.78 is 7.79. The maximum atomic E-state index is 5.91. The van der Waals surface area contributed by atoms with E-state index in [2.05, 4.69) is 17.2 Å². The van der Waals surface area contributed by atoms with Gasteiger partial charge in [-0.05, 0) is 24.6 Å². The normalized spacial score (nSPS) is 12.2. The molecular formula is C18H18N2O. The van der Waals surface area contributed by atoms with Crippen LogP contribution in [0.3, 0.4) is 0 Å². The summed E-state index contributed by atoms with van der Waals surface area (Å²) in [7, 11) is 0. The van der Waals surface area contributed by atoms with Crippen molar-refractivity contribution in [2.45, 2.75) is 13.0 Å². The number of aromatic nitrogens is 2. The lowest BCUT2D eigenvalue weighted by Crippen LogP contribution is -2.05. The Balaban J connectivity index is 1.93. The van der Waals surface area contributed by atoms with Crippen molar-refractivity contribution in [3.05, 3.63) is 84.2 Å². The van der Waals surface area contributed by atoms with Gasteiger partial charge in [0.15, 0.2) is 0 Å². The predicted molar refractivity (Wildman–Crippen MR) is 83.5 cm³/mol. The summed E-state index contributed by atoms with van der Waals surface area (Å²) in [5, 5.41) is 4.45. The first-order chi connectivity index (χ1) is 10.4. The van der Waals surface area contributed by atoms with Gasteiger partial charge in [0.2, 0.25) is 0 Å². The van der Waals surface area contributed by atoms with E-state index in [9.17, 15) is 0 Å². The van der Waals surface area contributed by atoms with Crippen molar-refractivity contribution in [3.63, 3.8) is 0 Å². The van der Waals surface area contributed by atoms with Crippen LogP contribution in [0.15, 0.2) is 73.1 Å². The van der Waals surface area contributed by atoms with Crippen LogP contribution in [0.25, 0.3) is 5.69 Å². The van der Waals surface area contributed by atoms with Gasteiger partial charge in [0, 0.05) is 18.4 Å². The second-order valence-electron chi connectivity index (χ2n) is 4.80. The molecule has 21 heavy (non-hydrogen) atoms. The number of benzene rings is 2. The summed E-state index contributed by atoms with van der Waals surface area (Å²) in [6, 6.07) is 20.3. The first kappa shape index (κ1) is 13.6. The number of hydrogen-bond acceptors (Lipinski definition) is 2. The van der Waals surface area contributed by atoms with Crippen LogP contribution in [0.4, 0.5) is 0 Å². The topological polar surface area (TPSA) is 27.1 Å². The van der Waals surface area contributed by atoms with E-state index < -0.39 is 0 Å². The Bertz CT molecular complexity index is 677. The Morgan fingerprint density at radius 1 is 0.952 bits per heavy atom. The second kappa shape index (κ2) is 6.37. The van der Waals surface area contributed by atoms with Crippen LogP contribution in [-0.2, 0) is 4.74 Å². The Labute approximate surface area is 124 Å². The summed E-state index contributed by atoms with van der Waals surface area (Å²) in [5.74, 6) is 0. The smallest absolute Gasteiger partial charge is 0.111 e. The van der Waals surface area contributed by atoms with Gasteiger partial charge in [0.05, 0.1) is 11.9 Å². The van der Waals surface area contributed by atoms with E-state index in [4.69, 9.17) is 4.74 Å². The SMILES string of the molecule is CCOC(c1ccccc1)c1cnn(-c2ccccc2)c1. The molecule has 0 aliphatic rings. The van der Waals surface area contributed by atoms with Crippen molar-refractivity contribution in [2.24, 2.45) is 0 Å². The molecule has 106 valence electrons. The maximum Gasteiger partial charge on any atom is 0.111 e. The molecule has 0 bridgehead atoms. The van der Waals surface area contributed by atoms with Crippen molar-refractivity contribution in [1.29, 1.82) is 0 Å². The summed E-state index contributed by atoms with van der Waals surface area (Å²) in [5.41, 5.74) is 3.26. The first-order valence-corrected chi connectivity index (χ1v) is 7.15. The molecule has 0 N–H and O–H groups in total. The molecule has 0 fully saturated rings. The molecule has 1 unspecified atom stereocenters. The van der Waals surface area contributed by atoms with Crippen LogP contribution in [0.1, 0.15) is 24.2 Å². The Kier molecular flexibility index (Phi) is 4.12. The third kappa shape index (κ3) is 3.03. The van der Waals surface area contributed by atoms with Gasteiger partial charge in [0.25, 0.3) is 0 Å². The van der Waals surface area contributed by atoms with Crippen LogP contribution in [0, 0.1) is 0 Å². The van der Waals surface area contributed by atoms with Crippen molar-refractivity contribution >= 4 is 0 Å². The van der Waals surface area contributed by atoms with Gasteiger partial charge < -0.3 is 4.74 Å². The molecule has 3 nitrogen and oxygen atoms in total. The first-order valence-electron chi connectivity index (χ1n) is 7.15. The molecule has 0 aliphatic carbocycles. The fourth-order valence-electron chi connectivity index (χ4n) is 2.37. The highest BCUT2D eigenvalue weighted by atomic mass is 16.5. The van der Waals surface area contributed by atoms with Crippen LogP contribution in [-0.4, -0.2) is 16.4 Å². The molecule has 0 saturated carbocycles. The van der Waals surface area contributed by atoms with Crippen molar-refractivity contribution in [1.82, 2.24) is 9.78 Å². The number of nitrogens with zero attached hydrogens (tertiary/aromatic N) is 2. The van der Waals surface area contributed by atoms with Crippen LogP contribution >= 0.6 is 0 Å². The van der Waals surface area contributed by atoms with Crippen LogP contribution < -0.4 is 0 Å². The summed E-state index contributed by atoms with van der Waals surface area (Å²) in [6.45, 7) is 2.67. The highest BCUT2D eigenvalue weighted by molar-refractivity contribution is 5.33. The molecule has 1 heterocycles. The van der Waals surface area contributed by atoms with E-state index in [0.717, 1.165) is 16.8 Å². The lowest BCUT2D eigenvalue weighted by atomic mass is 10.0. The minimum atomic E-state index is -0.0753. The van der Waals surface area contributed by atoms with Gasteiger partial charge in [-0.1, -0.05) is 48.5 Å². The third-order valence-electron chi connectivity index (χ3n) is 3.36. The fourth-order valence-corrected chi connectivity index (χ4v) is 2.37. The summed E-state index contributed by atoms with van der Waals surface area (Å²) in [4.78, 5) is 0. The van der Waals surface area contributed by atoms with Gasteiger partial charge in [-0.2, -0.15) is 5.10 Å². The van der Waals surface area contributed by atoms with E-state index in [0.29, 0.717) is 6.61 Å². The van der Waals surface area contributed by atoms with Crippen molar-refractivity contribution in [2.75, 3.05) is 6.61 Å². The molecule has 1 atom stereocenters. The van der Waals surface area contributed by atoms with E-state index in [1.54, 1.807) is 0 Å². The average Bonchev–Trinajstić information content (AvgIpc) is 3.04. The van der Waals surface area contributed by atoms with Gasteiger partial charge >= 0.3 is 0 Å². The fraction of sp³-hybridized carbons (Fsp3) is 0.167. The predicted octanol–water partition coefficient (Wildman–Crippen LogP) is 4.00. The van der Waals surface area contributed by atoms with Gasteiger partial charge in [0.1, 0.15) is 6.10 Å². The molecule has 0 aliphatic heterocycles. The minimum Gasteiger partial charge on any atom is -0.369 e. The van der Waals surface area contributed by atoms with Crippen LogP contribution in [0.2, 0.25) is 0 Å². The maximum absolute atomic E-state index is 5.91. The number of ether oxygens (including phenoxy) is 1. The number of para-hydroxylation sites is 1. The number of rotatable bonds is 5. The van der Waals surface area contributed by atoms with Gasteiger partial charge in [-0.3, -0.25) is 0 Å². The van der Waals surface area contributed by atoms with Crippen molar-refractivity contribution in [3.8, 4) is 5.69 Å². The molecule has 3 heteroatoms. The van der Waals surface area contributed by atoms with Gasteiger partial charge in [-0.25, -0.2) is 4.68 Å². The molecule has 1 aromatic heterocycles. The highest BCUT2D eigenvalue weighted by Crippen LogP contribution is 2.26. The van der Waals surface area contributed by atoms with E-state index in [1.165, 1.54) is 0 Å². The Hall–Kier alpha value is -2.39. The third-order valence-corrected chi connectivity index (χ3v) is 3.36. The minimum absolute atomic E-state index is 0.0753. The average molecular weight is 278 g/mol. The Morgan fingerprint density at radius 3 is 2.29 bits per heavy atom. The van der Waals surface area contributed by atoms with Crippen molar-refractivity contribution < 1.29 is 4.74 Å². The molecule has 0 radical (unpaired) electrons. The van der Waals surface area contributed by atoms with E-state index in [1.807, 2.05) is 72.5 Å². The summed E-state index contributed by atoms with van der Waals surface area (Å²) in [6.07, 6.45) is 3.83. The molecule has 3 aromatic rings. The second-order valence-corrected chi connectivity index (χ2v) is 4.80. The molecule has 0 spiro atoms. The monoisotopic (exact) mass is 278 g/mol. The molecular weight excluding hydrogens is 260 g/mol. The van der Waals surface area contributed by atoms with E-state index in [-0.39, 0.29) is 6.10 Å². The quantitative estimate of drug-likeness (QED) is 0.705. The largest absolute Gasteiger partial charge is 0.369 e. The van der Waals surface area contributed by atoms with E-state index >= 15 is 0 Å². The highest BCUT2D eigenvalue weighted by Gasteiger charge is 2.16. The molecule has 0 saturated heterocycles. The lowest BCUT2D eigenvalue weighted by Gasteiger charge is -2.15. The standard InChI is InChI=1S/C18H18N2O/c1-2-21-18(15-9-5-3-6-10-15)16-13-19-20(14-16)17-11-7-4-8-12-17/h3-14,18H,2H2,1H3. The van der Waals surface area contributed by atoms with Gasteiger partial charge in [-0.15, -0.1) is 0 Å². The Morgan fingerprint density at radius 2 is 1.62 bits per heavy atom. The number of hydrogen-bond donors (Lipinski definition) is 0. The lowest BCUT2D eigenvalue weighted by molar-refractivity contribution is 0.0913. The summed E-state index contributed by atoms with van der Waals surface area (Å²) >= 11 is 0. The zero-order valence-corrected chi connectivity index (χ0v) is 12.0. The zero-order chi connectivity index (χ0) is 14.5. The van der Waals surface area contributed by atoms with Crippen LogP contribution in [0.5, 0.6) is 0 Å². The molecule has 3 rings (SSSR count). The molecule has 2 aromatic carbocycles.